The average molecular weight is 275 g/mol. The smallest absolute Gasteiger partial charge is 1.00 e. The number of halogens is 1. The molecule has 24 N–H and O–H groups in total. The Labute approximate surface area is 108 Å². The second kappa shape index (κ2) is 3450. The third-order valence-electron chi connectivity index (χ3n) is 0. The van der Waals surface area contributed by atoms with Gasteiger partial charge in [-0.05, 0) is 0 Å². The van der Waals surface area contributed by atoms with Crippen molar-refractivity contribution in [2.24, 2.45) is 0 Å². The molecule has 0 heterocycles. The van der Waals surface area contributed by atoms with Gasteiger partial charge in [0.05, 0.1) is 0 Å². The van der Waals surface area contributed by atoms with Crippen LogP contribution in [0.3, 0.4) is 0 Å². The Hall–Kier alpha value is 0.810. The zero-order valence-electron chi connectivity index (χ0n) is 7.38. The molecule has 0 fully saturated rings. The molecular weight excluding hydrogens is 250 g/mol. The van der Waals surface area contributed by atoms with Crippen LogP contribution < -0.4 is 42.0 Å². The minimum atomic E-state index is 0. The summed E-state index contributed by atoms with van der Waals surface area (Å²) in [5, 5.41) is 0. The summed E-state index contributed by atoms with van der Waals surface area (Å²) in [7, 11) is 0. The minimum Gasteiger partial charge on any atom is -1.00 e. The molecule has 0 aliphatic heterocycles. The predicted molar refractivity (Wildman–Crippen MR) is 43.4 cm³/mol. The molecule has 14 heavy (non-hydrogen) atoms. The maximum absolute atomic E-state index is 0. The zero-order valence-corrected chi connectivity index (χ0v) is 10.1. The molecule has 0 aromatic rings. The normalized spacial score (nSPS) is 0. The quantitative estimate of drug-likeness (QED) is 0.371. The Bertz CT molecular complexity index is 10.3. The Balaban J connectivity index is 0. The van der Waals surface area contributed by atoms with Gasteiger partial charge in [-0.25, -0.2) is 0 Å². The van der Waals surface area contributed by atoms with E-state index in [1.807, 2.05) is 0 Å². The number of hydrogen-bond acceptors (Lipinski definition) is 0. The van der Waals surface area contributed by atoms with Crippen molar-refractivity contribution in [3.8, 4) is 0 Å². The van der Waals surface area contributed by atoms with Gasteiger partial charge in [-0.1, -0.05) is 0 Å². The average Bonchev–Trinajstić information content (AvgIpc) is 0. The zero-order chi connectivity index (χ0) is 0. The van der Waals surface area contributed by atoms with Crippen molar-refractivity contribution in [2.75, 3.05) is 0 Å². The maximum atomic E-state index is 0. The standard InChI is InChI=1S/ClH.Na.12H2O/h1H;;12*1H2/q;+1;;;;;;;;;;;;/p-1. The van der Waals surface area contributed by atoms with E-state index in [1.54, 1.807) is 0 Å². The maximum Gasteiger partial charge on any atom is 1.00 e. The third kappa shape index (κ3) is 2720. The van der Waals surface area contributed by atoms with Crippen molar-refractivity contribution in [1.29, 1.82) is 0 Å². The van der Waals surface area contributed by atoms with E-state index < -0.39 is 0 Å². The molecule has 0 rings (SSSR count). The van der Waals surface area contributed by atoms with Crippen molar-refractivity contribution in [3.63, 3.8) is 0 Å². The summed E-state index contributed by atoms with van der Waals surface area (Å²) in [6.07, 6.45) is 0. The molecule has 0 amide bonds. The van der Waals surface area contributed by atoms with Crippen LogP contribution in [-0.4, -0.2) is 65.7 Å². The van der Waals surface area contributed by atoms with Gasteiger partial charge in [0.1, 0.15) is 0 Å². The summed E-state index contributed by atoms with van der Waals surface area (Å²) in [6, 6.07) is 0. The van der Waals surface area contributed by atoms with E-state index in [1.165, 1.54) is 0 Å². The van der Waals surface area contributed by atoms with E-state index in [0.717, 1.165) is 0 Å². The molecule has 12 nitrogen and oxygen atoms in total. The van der Waals surface area contributed by atoms with Gasteiger partial charge in [-0.15, -0.1) is 0 Å². The van der Waals surface area contributed by atoms with Gasteiger partial charge in [-0.3, -0.25) is 0 Å². The second-order valence-corrected chi connectivity index (χ2v) is 0. The molecular formula is H24ClNaO12. The van der Waals surface area contributed by atoms with E-state index in [9.17, 15) is 0 Å². The summed E-state index contributed by atoms with van der Waals surface area (Å²) in [5.74, 6) is 0. The molecule has 0 bridgehead atoms. The van der Waals surface area contributed by atoms with E-state index in [4.69, 9.17) is 0 Å². The first-order valence-corrected chi connectivity index (χ1v) is 0. The van der Waals surface area contributed by atoms with Gasteiger partial charge < -0.3 is 78.1 Å². The van der Waals surface area contributed by atoms with E-state index in [-0.39, 0.29) is 108 Å². The summed E-state index contributed by atoms with van der Waals surface area (Å²) in [4.78, 5) is 0. The van der Waals surface area contributed by atoms with Crippen LogP contribution >= 0.6 is 0 Å². The minimum absolute atomic E-state index is 0. The van der Waals surface area contributed by atoms with Crippen LogP contribution in [0, 0.1) is 0 Å². The van der Waals surface area contributed by atoms with Gasteiger partial charge in [0.25, 0.3) is 0 Å². The van der Waals surface area contributed by atoms with Crippen molar-refractivity contribution in [2.45, 2.75) is 0 Å². The topological polar surface area (TPSA) is 378 Å². The SMILES string of the molecule is O.O.O.O.O.O.O.O.O.O.O.O.[Cl-].[Na+]. The number of rotatable bonds is 0. The van der Waals surface area contributed by atoms with Crippen molar-refractivity contribution < 1.29 is 108 Å². The monoisotopic (exact) mass is 274 g/mol. The van der Waals surface area contributed by atoms with Crippen LogP contribution in [-0.2, 0) is 0 Å². The van der Waals surface area contributed by atoms with Gasteiger partial charge in [0, 0.05) is 0 Å². The Morgan fingerprint density at radius 1 is 0.214 bits per heavy atom. The van der Waals surface area contributed by atoms with Crippen LogP contribution in [0.5, 0.6) is 0 Å². The van der Waals surface area contributed by atoms with Crippen LogP contribution in [0.25, 0.3) is 0 Å². The molecule has 0 aromatic heterocycles. The van der Waals surface area contributed by atoms with Crippen LogP contribution in [0.2, 0.25) is 0 Å². The predicted octanol–water partition coefficient (Wildman–Crippen LogP) is -15.9. The summed E-state index contributed by atoms with van der Waals surface area (Å²) in [5.41, 5.74) is 0. The number of hydrogen-bond donors (Lipinski definition) is 0. The summed E-state index contributed by atoms with van der Waals surface area (Å²) >= 11 is 0. The van der Waals surface area contributed by atoms with Gasteiger partial charge in [0.2, 0.25) is 0 Å². The molecule has 0 aliphatic rings. The van der Waals surface area contributed by atoms with Crippen LogP contribution in [0.1, 0.15) is 0 Å². The molecule has 0 aliphatic carbocycles. The van der Waals surface area contributed by atoms with Crippen LogP contribution in [0.15, 0.2) is 0 Å². The second-order valence-electron chi connectivity index (χ2n) is 0. The van der Waals surface area contributed by atoms with E-state index in [2.05, 4.69) is 0 Å². The van der Waals surface area contributed by atoms with Gasteiger partial charge >= 0.3 is 29.6 Å². The molecule has 0 aromatic carbocycles. The molecule has 0 unspecified atom stereocenters. The summed E-state index contributed by atoms with van der Waals surface area (Å²) < 4.78 is 0. The largest absolute Gasteiger partial charge is 1.00 e. The first kappa shape index (κ1) is 4300. The molecule has 0 saturated carbocycles. The summed E-state index contributed by atoms with van der Waals surface area (Å²) in [6.45, 7) is 0. The fourth-order valence-corrected chi connectivity index (χ4v) is 0. The Morgan fingerprint density at radius 2 is 0.214 bits per heavy atom. The Morgan fingerprint density at radius 3 is 0.214 bits per heavy atom. The molecule has 0 spiro atoms. The third-order valence-corrected chi connectivity index (χ3v) is 0. The van der Waals surface area contributed by atoms with Crippen molar-refractivity contribution in [3.05, 3.63) is 0 Å². The first-order valence-electron chi connectivity index (χ1n) is 0. The fraction of sp³-hybridized carbons (Fsp3) is 0. The molecule has 0 radical (unpaired) electrons. The molecule has 0 atom stereocenters. The van der Waals surface area contributed by atoms with E-state index in [0.29, 0.717) is 0 Å². The first-order chi connectivity index (χ1) is 0. The van der Waals surface area contributed by atoms with Gasteiger partial charge in [-0.2, -0.15) is 0 Å². The van der Waals surface area contributed by atoms with Crippen molar-refractivity contribution >= 4 is 0 Å². The van der Waals surface area contributed by atoms with Gasteiger partial charge in [0.15, 0.2) is 0 Å². The fourth-order valence-electron chi connectivity index (χ4n) is 0. The molecule has 14 heteroatoms. The van der Waals surface area contributed by atoms with E-state index >= 15 is 0 Å². The van der Waals surface area contributed by atoms with Crippen molar-refractivity contribution in [1.82, 2.24) is 0 Å². The molecule has 104 valence electrons. The van der Waals surface area contributed by atoms with Crippen LogP contribution in [0.4, 0.5) is 0 Å². The molecule has 0 saturated heterocycles. The Kier molecular flexibility index (Phi) is 1060000.